The molecule has 0 fully saturated rings. The summed E-state index contributed by atoms with van der Waals surface area (Å²) < 4.78 is 3.63. The predicted octanol–water partition coefficient (Wildman–Crippen LogP) is 0.712. The molecule has 0 aromatic carbocycles. The maximum absolute atomic E-state index is 5.66. The summed E-state index contributed by atoms with van der Waals surface area (Å²) in [7, 11) is 1.92. The molecule has 80 valence electrons. The molecule has 16 heavy (non-hydrogen) atoms. The summed E-state index contributed by atoms with van der Waals surface area (Å²) in [6, 6.07) is 3.57. The van der Waals surface area contributed by atoms with Crippen molar-refractivity contribution in [2.75, 3.05) is 5.73 Å². The number of aromatic nitrogens is 5. The van der Waals surface area contributed by atoms with Crippen molar-refractivity contribution in [2.24, 2.45) is 7.05 Å². The van der Waals surface area contributed by atoms with Gasteiger partial charge in [0.2, 0.25) is 0 Å². The average Bonchev–Trinajstić information content (AvgIpc) is 2.83. The number of nitrogens with zero attached hydrogens (tertiary/aromatic N) is 5. The van der Waals surface area contributed by atoms with Crippen LogP contribution in [0.2, 0.25) is 0 Å². The number of aryl methyl sites for hydroxylation is 1. The number of anilines is 1. The van der Waals surface area contributed by atoms with Gasteiger partial charge in [-0.05, 0) is 12.1 Å². The first kappa shape index (κ1) is 8.90. The Balaban J connectivity index is 2.32. The van der Waals surface area contributed by atoms with E-state index in [0.717, 1.165) is 17.0 Å². The highest BCUT2D eigenvalue weighted by Crippen LogP contribution is 2.19. The summed E-state index contributed by atoms with van der Waals surface area (Å²) in [4.78, 5) is 8.33. The van der Waals surface area contributed by atoms with Crippen LogP contribution in [-0.4, -0.2) is 24.1 Å². The fourth-order valence-corrected chi connectivity index (χ4v) is 1.67. The minimum Gasteiger partial charge on any atom is -0.382 e. The number of hydrogen-bond donors (Lipinski definition) is 1. The Morgan fingerprint density at radius 1 is 1.19 bits per heavy atom. The standard InChI is InChI=1S/C10H10N6/c1-15-6-12-4-7(15)8-5-13-10-3-2-9(11)14-16(8)10/h2-6H,1H3,(H2,11,14). The van der Waals surface area contributed by atoms with Crippen LogP contribution in [0.5, 0.6) is 0 Å². The Hall–Kier alpha value is -2.37. The highest BCUT2D eigenvalue weighted by Gasteiger charge is 2.09. The second kappa shape index (κ2) is 3.06. The molecule has 0 aliphatic heterocycles. The fraction of sp³-hybridized carbons (Fsp3) is 0.100. The molecular formula is C10H10N6. The van der Waals surface area contributed by atoms with Crippen LogP contribution < -0.4 is 5.73 Å². The van der Waals surface area contributed by atoms with Crippen molar-refractivity contribution in [3.05, 3.63) is 30.9 Å². The average molecular weight is 214 g/mol. The molecule has 0 aliphatic carbocycles. The van der Waals surface area contributed by atoms with Crippen LogP contribution in [0.3, 0.4) is 0 Å². The second-order valence-corrected chi connectivity index (χ2v) is 3.56. The zero-order valence-corrected chi connectivity index (χ0v) is 8.70. The number of fused-ring (bicyclic) bond motifs is 1. The van der Waals surface area contributed by atoms with Gasteiger partial charge in [0.05, 0.1) is 24.4 Å². The largest absolute Gasteiger partial charge is 0.382 e. The molecule has 3 rings (SSSR count). The summed E-state index contributed by atoms with van der Waals surface area (Å²) in [6.45, 7) is 0. The van der Waals surface area contributed by atoms with E-state index in [1.165, 1.54) is 0 Å². The molecule has 0 aliphatic rings. The molecule has 6 nitrogen and oxygen atoms in total. The van der Waals surface area contributed by atoms with E-state index in [4.69, 9.17) is 5.73 Å². The van der Waals surface area contributed by atoms with Crippen molar-refractivity contribution in [3.8, 4) is 11.4 Å². The third kappa shape index (κ3) is 1.16. The Bertz CT molecular complexity index is 650. The van der Waals surface area contributed by atoms with Gasteiger partial charge in [0, 0.05) is 7.05 Å². The maximum atomic E-state index is 5.66. The van der Waals surface area contributed by atoms with Gasteiger partial charge in [0.1, 0.15) is 11.5 Å². The first-order chi connectivity index (χ1) is 7.75. The van der Waals surface area contributed by atoms with Crippen molar-refractivity contribution < 1.29 is 0 Å². The summed E-state index contributed by atoms with van der Waals surface area (Å²) in [5.74, 6) is 0.467. The molecule has 0 bridgehead atoms. The van der Waals surface area contributed by atoms with Crippen molar-refractivity contribution in [1.82, 2.24) is 24.1 Å². The van der Waals surface area contributed by atoms with Gasteiger partial charge in [0.15, 0.2) is 5.65 Å². The van der Waals surface area contributed by atoms with Gasteiger partial charge in [-0.2, -0.15) is 0 Å². The highest BCUT2D eigenvalue weighted by atomic mass is 15.3. The van der Waals surface area contributed by atoms with Gasteiger partial charge in [-0.25, -0.2) is 14.5 Å². The summed E-state index contributed by atoms with van der Waals surface area (Å²) in [6.07, 6.45) is 5.27. The molecule has 3 aromatic rings. The lowest BCUT2D eigenvalue weighted by atomic mass is 10.3. The lowest BCUT2D eigenvalue weighted by molar-refractivity contribution is 0.891. The Morgan fingerprint density at radius 2 is 2.06 bits per heavy atom. The number of nitrogens with two attached hydrogens (primary N) is 1. The molecule has 0 saturated carbocycles. The molecule has 6 heteroatoms. The summed E-state index contributed by atoms with van der Waals surface area (Å²) >= 11 is 0. The number of rotatable bonds is 1. The molecule has 0 atom stereocenters. The second-order valence-electron chi connectivity index (χ2n) is 3.56. The molecule has 3 heterocycles. The van der Waals surface area contributed by atoms with Crippen molar-refractivity contribution >= 4 is 11.5 Å². The molecule has 0 amide bonds. The quantitative estimate of drug-likeness (QED) is 0.647. The van der Waals surface area contributed by atoms with Crippen molar-refractivity contribution in [2.45, 2.75) is 0 Å². The fourth-order valence-electron chi connectivity index (χ4n) is 1.67. The molecular weight excluding hydrogens is 204 g/mol. The van der Waals surface area contributed by atoms with E-state index in [2.05, 4.69) is 15.1 Å². The zero-order chi connectivity index (χ0) is 11.1. The van der Waals surface area contributed by atoms with Gasteiger partial charge in [-0.15, -0.1) is 5.10 Å². The van der Waals surface area contributed by atoms with Gasteiger partial charge in [-0.1, -0.05) is 0 Å². The van der Waals surface area contributed by atoms with Gasteiger partial charge < -0.3 is 10.3 Å². The number of hydrogen-bond acceptors (Lipinski definition) is 4. The van der Waals surface area contributed by atoms with E-state index < -0.39 is 0 Å². The van der Waals surface area contributed by atoms with Gasteiger partial charge in [0.25, 0.3) is 0 Å². The van der Waals surface area contributed by atoms with Crippen LogP contribution in [0.25, 0.3) is 17.0 Å². The number of nitrogen functional groups attached to an aromatic ring is 1. The van der Waals surface area contributed by atoms with Crippen LogP contribution in [0.15, 0.2) is 30.9 Å². The minimum atomic E-state index is 0.467. The lowest BCUT2D eigenvalue weighted by Crippen LogP contribution is -2.00. The predicted molar refractivity (Wildman–Crippen MR) is 59.6 cm³/mol. The topological polar surface area (TPSA) is 74.0 Å². The summed E-state index contributed by atoms with van der Waals surface area (Å²) in [5, 5.41) is 4.22. The first-order valence-corrected chi connectivity index (χ1v) is 4.82. The van der Waals surface area contributed by atoms with Crippen molar-refractivity contribution in [1.29, 1.82) is 0 Å². The monoisotopic (exact) mass is 214 g/mol. The van der Waals surface area contributed by atoms with E-state index in [-0.39, 0.29) is 0 Å². The van der Waals surface area contributed by atoms with Crippen LogP contribution in [0.1, 0.15) is 0 Å². The van der Waals surface area contributed by atoms with Crippen LogP contribution in [0, 0.1) is 0 Å². The van der Waals surface area contributed by atoms with Gasteiger partial charge >= 0.3 is 0 Å². The smallest absolute Gasteiger partial charge is 0.154 e. The molecule has 3 aromatic heterocycles. The van der Waals surface area contributed by atoms with Crippen LogP contribution in [-0.2, 0) is 7.05 Å². The molecule has 0 unspecified atom stereocenters. The highest BCUT2D eigenvalue weighted by molar-refractivity contribution is 5.59. The van der Waals surface area contributed by atoms with E-state index in [0.29, 0.717) is 5.82 Å². The Labute approximate surface area is 91.4 Å². The van der Waals surface area contributed by atoms with Crippen molar-refractivity contribution in [3.63, 3.8) is 0 Å². The van der Waals surface area contributed by atoms with Crippen LogP contribution in [0.4, 0.5) is 5.82 Å². The normalized spacial score (nSPS) is 11.1. The Kier molecular flexibility index (Phi) is 1.70. The Morgan fingerprint density at radius 3 is 2.81 bits per heavy atom. The third-order valence-corrected chi connectivity index (χ3v) is 2.46. The zero-order valence-electron chi connectivity index (χ0n) is 8.70. The number of imidazole rings is 2. The molecule has 0 spiro atoms. The lowest BCUT2D eigenvalue weighted by Gasteiger charge is -2.01. The minimum absolute atomic E-state index is 0.467. The summed E-state index contributed by atoms with van der Waals surface area (Å²) in [5.41, 5.74) is 8.26. The van der Waals surface area contributed by atoms with E-state index in [1.807, 2.05) is 17.7 Å². The van der Waals surface area contributed by atoms with Gasteiger partial charge in [-0.3, -0.25) is 0 Å². The maximum Gasteiger partial charge on any atom is 0.154 e. The molecule has 2 N–H and O–H groups in total. The first-order valence-electron chi connectivity index (χ1n) is 4.82. The SMILES string of the molecule is Cn1cncc1-c1cnc2ccc(N)nn12. The molecule has 0 radical (unpaired) electrons. The van der Waals surface area contributed by atoms with E-state index in [1.54, 1.807) is 29.3 Å². The van der Waals surface area contributed by atoms with E-state index in [9.17, 15) is 0 Å². The molecule has 0 saturated heterocycles. The third-order valence-electron chi connectivity index (χ3n) is 2.46. The van der Waals surface area contributed by atoms with Crippen LogP contribution >= 0.6 is 0 Å². The van der Waals surface area contributed by atoms with E-state index >= 15 is 0 Å².